The lowest BCUT2D eigenvalue weighted by molar-refractivity contribution is -0.120. The number of piperidine rings is 1. The van der Waals surface area contributed by atoms with Crippen molar-refractivity contribution >= 4 is 27.5 Å². The molecule has 1 fully saturated rings. The zero-order valence-corrected chi connectivity index (χ0v) is 18.7. The number of amides is 2. The Morgan fingerprint density at radius 2 is 1.91 bits per heavy atom. The number of carbonyl (C=O) groups is 2. The summed E-state index contributed by atoms with van der Waals surface area (Å²) >= 11 is 0. The van der Waals surface area contributed by atoms with E-state index in [9.17, 15) is 18.0 Å². The van der Waals surface area contributed by atoms with Crippen molar-refractivity contribution < 1.29 is 22.7 Å². The highest BCUT2D eigenvalue weighted by Gasteiger charge is 2.33. The van der Waals surface area contributed by atoms with Crippen molar-refractivity contribution in [3.05, 3.63) is 66.7 Å². The van der Waals surface area contributed by atoms with E-state index in [0.717, 1.165) is 0 Å². The van der Waals surface area contributed by atoms with E-state index in [2.05, 4.69) is 17.2 Å². The Hall–Kier alpha value is -3.17. The van der Waals surface area contributed by atoms with Gasteiger partial charge in [-0.2, -0.15) is 4.31 Å². The molecule has 1 heterocycles. The van der Waals surface area contributed by atoms with Gasteiger partial charge in [-0.05, 0) is 49.2 Å². The molecule has 2 aromatic carbocycles. The first-order chi connectivity index (χ1) is 15.4. The second-order valence-electron chi connectivity index (χ2n) is 7.41. The lowest BCUT2D eigenvalue weighted by Crippen LogP contribution is -2.43. The molecule has 1 atom stereocenters. The van der Waals surface area contributed by atoms with Gasteiger partial charge in [-0.3, -0.25) is 9.59 Å². The fourth-order valence-corrected chi connectivity index (χ4v) is 5.08. The minimum Gasteiger partial charge on any atom is -0.497 e. The van der Waals surface area contributed by atoms with Crippen molar-refractivity contribution in [2.45, 2.75) is 17.7 Å². The number of hydrogen-bond acceptors (Lipinski definition) is 5. The molecule has 170 valence electrons. The number of nitrogens with zero attached hydrogens (tertiary/aromatic N) is 1. The highest BCUT2D eigenvalue weighted by atomic mass is 32.2. The third-order valence-corrected chi connectivity index (χ3v) is 7.17. The summed E-state index contributed by atoms with van der Waals surface area (Å²) in [6.45, 7) is 4.30. The van der Waals surface area contributed by atoms with Crippen LogP contribution in [0.3, 0.4) is 0 Å². The normalized spacial score (nSPS) is 16.7. The first kappa shape index (κ1) is 23.5. The number of anilines is 1. The number of carbonyl (C=O) groups excluding carboxylic acids is 2. The van der Waals surface area contributed by atoms with Crippen LogP contribution in [0.5, 0.6) is 5.75 Å². The molecule has 0 radical (unpaired) electrons. The third-order valence-electron chi connectivity index (χ3n) is 5.29. The molecule has 1 unspecified atom stereocenters. The van der Waals surface area contributed by atoms with Gasteiger partial charge in [-0.25, -0.2) is 8.42 Å². The average molecular weight is 458 g/mol. The van der Waals surface area contributed by atoms with Crippen LogP contribution < -0.4 is 15.4 Å². The van der Waals surface area contributed by atoms with Crippen molar-refractivity contribution in [1.29, 1.82) is 0 Å². The first-order valence-electron chi connectivity index (χ1n) is 10.3. The van der Waals surface area contributed by atoms with Crippen molar-refractivity contribution in [2.75, 3.05) is 32.1 Å². The first-order valence-corrected chi connectivity index (χ1v) is 11.7. The van der Waals surface area contributed by atoms with Gasteiger partial charge in [0.05, 0.1) is 29.2 Å². The number of sulfonamides is 1. The van der Waals surface area contributed by atoms with E-state index in [1.54, 1.807) is 42.5 Å². The van der Waals surface area contributed by atoms with E-state index in [1.807, 2.05) is 0 Å². The van der Waals surface area contributed by atoms with E-state index in [0.29, 0.717) is 42.9 Å². The molecule has 1 saturated heterocycles. The molecule has 3 rings (SSSR count). The van der Waals surface area contributed by atoms with Crippen LogP contribution in [0.25, 0.3) is 0 Å². The number of nitrogens with one attached hydrogen (secondary N) is 2. The van der Waals surface area contributed by atoms with Gasteiger partial charge >= 0.3 is 0 Å². The zero-order valence-electron chi connectivity index (χ0n) is 17.9. The second kappa shape index (κ2) is 10.4. The minimum absolute atomic E-state index is 0.0744. The number of methoxy groups -OCH3 is 1. The van der Waals surface area contributed by atoms with Gasteiger partial charge in [-0.1, -0.05) is 18.2 Å². The molecular weight excluding hydrogens is 430 g/mol. The maximum Gasteiger partial charge on any atom is 0.253 e. The van der Waals surface area contributed by atoms with Gasteiger partial charge in [0, 0.05) is 19.6 Å². The predicted molar refractivity (Wildman–Crippen MR) is 122 cm³/mol. The van der Waals surface area contributed by atoms with Crippen LogP contribution in [0.2, 0.25) is 0 Å². The molecule has 2 N–H and O–H groups in total. The molecule has 8 nitrogen and oxygen atoms in total. The van der Waals surface area contributed by atoms with Gasteiger partial charge < -0.3 is 15.4 Å². The second-order valence-corrected chi connectivity index (χ2v) is 9.35. The molecule has 0 aromatic heterocycles. The fraction of sp³-hybridized carbons (Fsp3) is 0.304. The fourth-order valence-electron chi connectivity index (χ4n) is 3.56. The summed E-state index contributed by atoms with van der Waals surface area (Å²) in [5.74, 6) is -0.603. The van der Waals surface area contributed by atoms with E-state index in [1.165, 1.54) is 23.5 Å². The Morgan fingerprint density at radius 3 is 2.59 bits per heavy atom. The Morgan fingerprint density at radius 1 is 1.19 bits per heavy atom. The summed E-state index contributed by atoms with van der Waals surface area (Å²) in [6.07, 6.45) is 2.69. The van der Waals surface area contributed by atoms with Crippen LogP contribution in [0.15, 0.2) is 66.1 Å². The smallest absolute Gasteiger partial charge is 0.253 e. The van der Waals surface area contributed by atoms with E-state index >= 15 is 0 Å². The highest BCUT2D eigenvalue weighted by molar-refractivity contribution is 7.89. The lowest BCUT2D eigenvalue weighted by Gasteiger charge is -2.31. The number of benzene rings is 2. The third kappa shape index (κ3) is 5.35. The maximum atomic E-state index is 13.0. The van der Waals surface area contributed by atoms with Gasteiger partial charge in [0.1, 0.15) is 5.75 Å². The Labute approximate surface area is 188 Å². The molecule has 2 amide bonds. The Kier molecular flexibility index (Phi) is 7.66. The quantitative estimate of drug-likeness (QED) is 0.593. The van der Waals surface area contributed by atoms with Crippen LogP contribution in [0, 0.1) is 5.92 Å². The van der Waals surface area contributed by atoms with Crippen molar-refractivity contribution in [2.24, 2.45) is 5.92 Å². The van der Waals surface area contributed by atoms with Gasteiger partial charge in [0.2, 0.25) is 15.9 Å². The highest BCUT2D eigenvalue weighted by Crippen LogP contribution is 2.26. The van der Waals surface area contributed by atoms with Crippen LogP contribution in [0.1, 0.15) is 23.2 Å². The van der Waals surface area contributed by atoms with Crippen LogP contribution >= 0.6 is 0 Å². The molecule has 1 aliphatic rings. The van der Waals surface area contributed by atoms with Crippen LogP contribution in [-0.2, 0) is 14.8 Å². The maximum absolute atomic E-state index is 13.0. The summed E-state index contributed by atoms with van der Waals surface area (Å²) in [7, 11) is -2.22. The largest absolute Gasteiger partial charge is 0.497 e. The lowest BCUT2D eigenvalue weighted by atomic mass is 9.98. The molecule has 32 heavy (non-hydrogen) atoms. The topological polar surface area (TPSA) is 105 Å². The monoisotopic (exact) mass is 457 g/mol. The Bertz CT molecular complexity index is 1080. The van der Waals surface area contributed by atoms with Crippen LogP contribution in [0.4, 0.5) is 5.69 Å². The van der Waals surface area contributed by atoms with Crippen molar-refractivity contribution in [3.8, 4) is 5.75 Å². The van der Waals surface area contributed by atoms with Gasteiger partial charge in [-0.15, -0.1) is 6.58 Å². The van der Waals surface area contributed by atoms with Gasteiger partial charge in [0.25, 0.3) is 5.91 Å². The number of ether oxygens (including phenoxy) is 1. The molecule has 0 aliphatic carbocycles. The molecule has 0 saturated carbocycles. The molecule has 2 aromatic rings. The number of rotatable bonds is 8. The van der Waals surface area contributed by atoms with Crippen LogP contribution in [-0.4, -0.2) is 51.3 Å². The molecule has 0 spiro atoms. The minimum atomic E-state index is -3.73. The summed E-state index contributed by atoms with van der Waals surface area (Å²) < 4.78 is 32.5. The standard InChI is InChI=1S/C23H27N3O5S/c1-3-14-24-23(28)20-8-4-5-9-21(20)25-22(27)17-7-6-15-26(16-17)32(29,30)19-12-10-18(31-2)11-13-19/h3-5,8-13,17H,1,6-7,14-16H2,2H3,(H,24,28)(H,25,27). The van der Waals surface area contributed by atoms with Crippen molar-refractivity contribution in [1.82, 2.24) is 9.62 Å². The van der Waals surface area contributed by atoms with E-state index in [-0.39, 0.29) is 23.3 Å². The number of para-hydroxylation sites is 1. The predicted octanol–water partition coefficient (Wildman–Crippen LogP) is 2.65. The van der Waals surface area contributed by atoms with Crippen molar-refractivity contribution in [3.63, 3.8) is 0 Å². The molecule has 1 aliphatic heterocycles. The summed E-state index contributed by atoms with van der Waals surface area (Å²) in [5, 5.41) is 5.49. The average Bonchev–Trinajstić information content (AvgIpc) is 2.83. The summed E-state index contributed by atoms with van der Waals surface area (Å²) in [5.41, 5.74) is 0.718. The zero-order chi connectivity index (χ0) is 23.1. The summed E-state index contributed by atoms with van der Waals surface area (Å²) in [6, 6.07) is 12.9. The number of hydrogen-bond donors (Lipinski definition) is 2. The Balaban J connectivity index is 1.72. The van der Waals surface area contributed by atoms with E-state index < -0.39 is 15.9 Å². The molecule has 9 heteroatoms. The summed E-state index contributed by atoms with van der Waals surface area (Å²) in [4.78, 5) is 25.5. The SMILES string of the molecule is C=CCNC(=O)c1ccccc1NC(=O)C1CCCN(S(=O)(=O)c2ccc(OC)cc2)C1. The molecule has 0 bridgehead atoms. The van der Waals surface area contributed by atoms with Gasteiger partial charge in [0.15, 0.2) is 0 Å². The molecular formula is C23H27N3O5S. The van der Waals surface area contributed by atoms with E-state index in [4.69, 9.17) is 4.74 Å².